The van der Waals surface area contributed by atoms with Gasteiger partial charge in [-0.15, -0.1) is 0 Å². The molecular formula is C25H24N2O2. The predicted octanol–water partition coefficient (Wildman–Crippen LogP) is 6.24. The molecule has 1 aliphatic rings. The summed E-state index contributed by atoms with van der Waals surface area (Å²) in [7, 11) is 0. The van der Waals surface area contributed by atoms with E-state index in [-0.39, 0.29) is 11.7 Å². The minimum absolute atomic E-state index is 0.0346. The van der Waals surface area contributed by atoms with Gasteiger partial charge >= 0.3 is 5.97 Å². The number of benzene rings is 2. The van der Waals surface area contributed by atoms with Gasteiger partial charge in [-0.2, -0.15) is 0 Å². The SMILES string of the molecule is [C-]#[N+]C(C#N)=C1c2ccccc2-c2c(C(=O)OCC(CC)CCCC)cccc21. The smallest absolute Gasteiger partial charge is 0.338 e. The van der Waals surface area contributed by atoms with Crippen LogP contribution in [0.3, 0.4) is 0 Å². The zero-order valence-electron chi connectivity index (χ0n) is 16.9. The van der Waals surface area contributed by atoms with Crippen LogP contribution in [0, 0.1) is 23.8 Å². The van der Waals surface area contributed by atoms with E-state index in [1.807, 2.05) is 36.4 Å². The molecular weight excluding hydrogens is 360 g/mol. The number of nitriles is 1. The van der Waals surface area contributed by atoms with Gasteiger partial charge in [-0.25, -0.2) is 14.9 Å². The second-order valence-electron chi connectivity index (χ2n) is 7.24. The van der Waals surface area contributed by atoms with Crippen LogP contribution in [-0.4, -0.2) is 12.6 Å². The van der Waals surface area contributed by atoms with Crippen LogP contribution in [0.25, 0.3) is 21.5 Å². The molecule has 1 atom stereocenters. The summed E-state index contributed by atoms with van der Waals surface area (Å²) in [6, 6.07) is 15.0. The van der Waals surface area contributed by atoms with Gasteiger partial charge in [0.05, 0.1) is 24.8 Å². The average Bonchev–Trinajstić information content (AvgIpc) is 3.09. The minimum atomic E-state index is -0.353. The van der Waals surface area contributed by atoms with Gasteiger partial charge in [0, 0.05) is 11.1 Å². The highest BCUT2D eigenvalue weighted by molar-refractivity contribution is 6.10. The van der Waals surface area contributed by atoms with Crippen molar-refractivity contribution in [1.82, 2.24) is 0 Å². The molecule has 3 rings (SSSR count). The fourth-order valence-electron chi connectivity index (χ4n) is 3.85. The number of nitrogens with zero attached hydrogens (tertiary/aromatic N) is 2. The highest BCUT2D eigenvalue weighted by atomic mass is 16.5. The summed E-state index contributed by atoms with van der Waals surface area (Å²) in [6.07, 6.45) is 4.29. The van der Waals surface area contributed by atoms with Crippen molar-refractivity contribution in [2.24, 2.45) is 5.92 Å². The zero-order valence-corrected chi connectivity index (χ0v) is 16.9. The van der Waals surface area contributed by atoms with Crippen LogP contribution in [0.15, 0.2) is 48.2 Å². The molecule has 0 heterocycles. The van der Waals surface area contributed by atoms with Gasteiger partial charge in [0.1, 0.15) is 0 Å². The van der Waals surface area contributed by atoms with Crippen LogP contribution in [-0.2, 0) is 4.74 Å². The van der Waals surface area contributed by atoms with Crippen molar-refractivity contribution < 1.29 is 9.53 Å². The molecule has 2 aromatic rings. The molecule has 1 unspecified atom stereocenters. The molecule has 1 aliphatic carbocycles. The number of fused-ring (bicyclic) bond motifs is 3. The third-order valence-electron chi connectivity index (χ3n) is 5.47. The lowest BCUT2D eigenvalue weighted by Crippen LogP contribution is -2.14. The van der Waals surface area contributed by atoms with Crippen LogP contribution < -0.4 is 0 Å². The summed E-state index contributed by atoms with van der Waals surface area (Å²) < 4.78 is 5.69. The molecule has 4 heteroatoms. The Bertz CT molecular complexity index is 1020. The van der Waals surface area contributed by atoms with Crippen LogP contribution in [0.1, 0.15) is 61.0 Å². The summed E-state index contributed by atoms with van der Waals surface area (Å²) in [5.74, 6) is 0.0138. The first kappa shape index (κ1) is 20.4. The van der Waals surface area contributed by atoms with Crippen molar-refractivity contribution in [1.29, 1.82) is 5.26 Å². The lowest BCUT2D eigenvalue weighted by molar-refractivity contribution is 0.0429. The largest absolute Gasteiger partial charge is 0.462 e. The molecule has 0 spiro atoms. The maximum absolute atomic E-state index is 13.0. The van der Waals surface area contributed by atoms with Crippen molar-refractivity contribution in [2.45, 2.75) is 39.5 Å². The second kappa shape index (κ2) is 9.22. The van der Waals surface area contributed by atoms with Crippen molar-refractivity contribution in [3.8, 4) is 17.2 Å². The number of rotatable bonds is 7. The Balaban J connectivity index is 2.00. The van der Waals surface area contributed by atoms with Crippen LogP contribution >= 0.6 is 0 Å². The van der Waals surface area contributed by atoms with E-state index >= 15 is 0 Å². The normalized spacial score (nSPS) is 14.2. The summed E-state index contributed by atoms with van der Waals surface area (Å²) in [5, 5.41) is 9.45. The highest BCUT2D eigenvalue weighted by Crippen LogP contribution is 2.47. The molecule has 29 heavy (non-hydrogen) atoms. The minimum Gasteiger partial charge on any atom is -0.462 e. The monoisotopic (exact) mass is 384 g/mol. The van der Waals surface area contributed by atoms with Gasteiger partial charge in [-0.05, 0) is 35.1 Å². The van der Waals surface area contributed by atoms with Crippen molar-refractivity contribution in [3.63, 3.8) is 0 Å². The molecule has 0 saturated heterocycles. The number of hydrogen-bond donors (Lipinski definition) is 0. The summed E-state index contributed by atoms with van der Waals surface area (Å²) >= 11 is 0. The number of carbonyl (C=O) groups excluding carboxylic acids is 1. The van der Waals surface area contributed by atoms with Gasteiger partial charge in [0.25, 0.3) is 5.70 Å². The zero-order chi connectivity index (χ0) is 20.8. The Kier molecular flexibility index (Phi) is 6.47. The molecule has 0 fully saturated rings. The summed E-state index contributed by atoms with van der Waals surface area (Å²) in [6.45, 7) is 12.1. The van der Waals surface area contributed by atoms with E-state index in [9.17, 15) is 10.1 Å². The van der Waals surface area contributed by atoms with Gasteiger partial charge in [-0.1, -0.05) is 69.5 Å². The number of carbonyl (C=O) groups is 1. The Labute approximate surface area is 172 Å². The van der Waals surface area contributed by atoms with E-state index < -0.39 is 0 Å². The van der Waals surface area contributed by atoms with Gasteiger partial charge in [-0.3, -0.25) is 0 Å². The molecule has 4 nitrogen and oxygen atoms in total. The Morgan fingerprint density at radius 1 is 1.14 bits per heavy atom. The van der Waals surface area contributed by atoms with E-state index in [0.717, 1.165) is 47.9 Å². The molecule has 0 aromatic heterocycles. The molecule has 146 valence electrons. The molecule has 0 N–H and O–H groups in total. The third kappa shape index (κ3) is 3.93. The van der Waals surface area contributed by atoms with E-state index in [2.05, 4.69) is 18.7 Å². The first-order valence-corrected chi connectivity index (χ1v) is 10.1. The standard InChI is InChI=1S/C25H24N2O2/c1-4-6-10-17(5-2)16-29-25(28)21-14-9-13-20-23(21)18-11-7-8-12-19(18)24(20)22(15-26)27-3/h7-9,11-14,17H,4-6,10,16H2,1-2H3. The first-order chi connectivity index (χ1) is 14.2. The molecule has 2 aromatic carbocycles. The molecule has 0 radical (unpaired) electrons. The van der Waals surface area contributed by atoms with Crippen LogP contribution in [0.2, 0.25) is 0 Å². The number of esters is 1. The fourth-order valence-corrected chi connectivity index (χ4v) is 3.85. The fraction of sp³-hybridized carbons (Fsp3) is 0.320. The van der Waals surface area contributed by atoms with Crippen molar-refractivity contribution in [2.75, 3.05) is 6.61 Å². The number of allylic oxidation sites excluding steroid dienone is 1. The maximum atomic E-state index is 13.0. The van der Waals surface area contributed by atoms with E-state index in [1.165, 1.54) is 0 Å². The summed E-state index contributed by atoms with van der Waals surface area (Å²) in [4.78, 5) is 16.4. The van der Waals surface area contributed by atoms with Gasteiger partial charge in [0.2, 0.25) is 0 Å². The van der Waals surface area contributed by atoms with Crippen molar-refractivity contribution >= 4 is 11.5 Å². The van der Waals surface area contributed by atoms with Crippen molar-refractivity contribution in [3.05, 3.63) is 76.3 Å². The molecule has 0 saturated carbocycles. The Morgan fingerprint density at radius 3 is 2.52 bits per heavy atom. The third-order valence-corrected chi connectivity index (χ3v) is 5.47. The van der Waals surface area contributed by atoms with Crippen LogP contribution in [0.5, 0.6) is 0 Å². The second-order valence-corrected chi connectivity index (χ2v) is 7.24. The van der Waals surface area contributed by atoms with Gasteiger partial charge in [0.15, 0.2) is 0 Å². The van der Waals surface area contributed by atoms with Crippen LogP contribution in [0.4, 0.5) is 0 Å². The van der Waals surface area contributed by atoms with E-state index in [1.54, 1.807) is 12.1 Å². The first-order valence-electron chi connectivity index (χ1n) is 10.1. The topological polar surface area (TPSA) is 54.5 Å². The molecule has 0 amide bonds. The molecule has 0 bridgehead atoms. The lowest BCUT2D eigenvalue weighted by atomic mass is 9.98. The predicted molar refractivity (Wildman–Crippen MR) is 114 cm³/mol. The Hall–Kier alpha value is -3.37. The highest BCUT2D eigenvalue weighted by Gasteiger charge is 2.30. The number of hydrogen-bond acceptors (Lipinski definition) is 3. The van der Waals surface area contributed by atoms with E-state index in [4.69, 9.17) is 11.3 Å². The average molecular weight is 384 g/mol. The van der Waals surface area contributed by atoms with Gasteiger partial charge < -0.3 is 4.74 Å². The summed E-state index contributed by atoms with van der Waals surface area (Å²) in [5.41, 5.74) is 4.28. The molecule has 0 aliphatic heterocycles. The number of unbranched alkanes of at least 4 members (excludes halogenated alkanes) is 1. The quantitative estimate of drug-likeness (QED) is 0.275. The Morgan fingerprint density at radius 2 is 1.86 bits per heavy atom. The van der Waals surface area contributed by atoms with E-state index in [0.29, 0.717) is 23.7 Å². The lowest BCUT2D eigenvalue weighted by Gasteiger charge is -2.16. The maximum Gasteiger partial charge on any atom is 0.338 e. The number of ether oxygens (including phenoxy) is 1.